The minimum atomic E-state index is -3.18. The molecule has 1 nitrogen and oxygen atoms in total. The Morgan fingerprint density at radius 3 is 2.38 bits per heavy atom. The quantitative estimate of drug-likeness (QED) is 0.829. The van der Waals surface area contributed by atoms with E-state index in [1.165, 1.54) is 19.1 Å². The summed E-state index contributed by atoms with van der Waals surface area (Å²) in [5.74, 6) is -3.18. The lowest BCUT2D eigenvalue weighted by Gasteiger charge is -2.23. The number of aliphatic hydroxyl groups is 1. The van der Waals surface area contributed by atoms with Crippen LogP contribution in [0.3, 0.4) is 0 Å². The van der Waals surface area contributed by atoms with Crippen molar-refractivity contribution in [2.24, 2.45) is 0 Å². The number of halogens is 3. The standard InChI is InChI=1S/C12H13BrF2O/c1-8(2)7-12(14,15)11(16)9-3-5-10(13)6-4-9/h3-6,11,16H,1,7H2,2H3/t11-/m1/s1. The maximum atomic E-state index is 13.5. The van der Waals surface area contributed by atoms with Crippen LogP contribution in [0.5, 0.6) is 0 Å². The molecular formula is C12H13BrF2O. The molecule has 0 bridgehead atoms. The zero-order valence-corrected chi connectivity index (χ0v) is 10.5. The van der Waals surface area contributed by atoms with Crippen LogP contribution in [0, 0.1) is 0 Å². The molecule has 1 N–H and O–H groups in total. The van der Waals surface area contributed by atoms with Crippen molar-refractivity contribution in [2.75, 3.05) is 0 Å². The van der Waals surface area contributed by atoms with Gasteiger partial charge in [-0.1, -0.05) is 40.2 Å². The SMILES string of the molecule is C=C(C)CC(F)(F)[C@H](O)c1ccc(Br)cc1. The molecule has 0 aliphatic heterocycles. The fraction of sp³-hybridized carbons (Fsp3) is 0.333. The average molecular weight is 291 g/mol. The predicted octanol–water partition coefficient (Wildman–Crippen LogP) is 4.08. The summed E-state index contributed by atoms with van der Waals surface area (Å²) >= 11 is 3.20. The van der Waals surface area contributed by atoms with Gasteiger partial charge in [-0.2, -0.15) is 0 Å². The van der Waals surface area contributed by atoms with Crippen molar-refractivity contribution < 1.29 is 13.9 Å². The van der Waals surface area contributed by atoms with E-state index >= 15 is 0 Å². The highest BCUT2D eigenvalue weighted by molar-refractivity contribution is 9.10. The van der Waals surface area contributed by atoms with E-state index in [1.54, 1.807) is 12.1 Å². The average Bonchev–Trinajstić information content (AvgIpc) is 2.16. The van der Waals surface area contributed by atoms with Gasteiger partial charge in [-0.15, -0.1) is 0 Å². The fourth-order valence-electron chi connectivity index (χ4n) is 1.39. The van der Waals surface area contributed by atoms with E-state index in [9.17, 15) is 13.9 Å². The molecule has 0 saturated heterocycles. The van der Waals surface area contributed by atoms with E-state index in [2.05, 4.69) is 22.5 Å². The molecule has 1 aromatic carbocycles. The largest absolute Gasteiger partial charge is 0.382 e. The van der Waals surface area contributed by atoms with Crippen molar-refractivity contribution in [3.63, 3.8) is 0 Å². The molecule has 4 heteroatoms. The Balaban J connectivity index is 2.88. The van der Waals surface area contributed by atoms with Crippen molar-refractivity contribution in [3.05, 3.63) is 46.5 Å². The molecule has 1 aromatic rings. The van der Waals surface area contributed by atoms with Gasteiger partial charge in [-0.05, 0) is 24.6 Å². The summed E-state index contributed by atoms with van der Waals surface area (Å²) in [4.78, 5) is 0. The smallest absolute Gasteiger partial charge is 0.281 e. The highest BCUT2D eigenvalue weighted by Crippen LogP contribution is 2.36. The molecule has 0 heterocycles. The number of alkyl halides is 2. The summed E-state index contributed by atoms with van der Waals surface area (Å²) in [6.07, 6.45) is -2.30. The van der Waals surface area contributed by atoms with Crippen molar-refractivity contribution in [1.82, 2.24) is 0 Å². The highest BCUT2D eigenvalue weighted by Gasteiger charge is 2.39. The summed E-state index contributed by atoms with van der Waals surface area (Å²) in [6, 6.07) is 6.19. The van der Waals surface area contributed by atoms with E-state index in [1.807, 2.05) is 0 Å². The van der Waals surface area contributed by atoms with Gasteiger partial charge in [-0.25, -0.2) is 8.78 Å². The number of hydrogen-bond donors (Lipinski definition) is 1. The molecule has 0 unspecified atom stereocenters. The molecule has 0 aliphatic rings. The second-order valence-corrected chi connectivity index (χ2v) is 4.76. The number of hydrogen-bond acceptors (Lipinski definition) is 1. The molecule has 0 amide bonds. The van der Waals surface area contributed by atoms with Crippen LogP contribution in [0.1, 0.15) is 25.0 Å². The third kappa shape index (κ3) is 3.39. The van der Waals surface area contributed by atoms with Crippen LogP contribution >= 0.6 is 15.9 Å². The summed E-state index contributed by atoms with van der Waals surface area (Å²) in [6.45, 7) is 4.95. The van der Waals surface area contributed by atoms with Gasteiger partial charge in [0.1, 0.15) is 6.10 Å². The Morgan fingerprint density at radius 1 is 1.44 bits per heavy atom. The Bertz CT molecular complexity index is 373. The molecule has 0 fully saturated rings. The van der Waals surface area contributed by atoms with Crippen LogP contribution in [0.2, 0.25) is 0 Å². The lowest BCUT2D eigenvalue weighted by atomic mass is 9.99. The summed E-state index contributed by atoms with van der Waals surface area (Å²) < 4.78 is 27.8. The first-order valence-corrected chi connectivity index (χ1v) is 5.58. The van der Waals surface area contributed by atoms with E-state index in [4.69, 9.17) is 0 Å². The van der Waals surface area contributed by atoms with E-state index in [0.29, 0.717) is 5.57 Å². The maximum absolute atomic E-state index is 13.5. The minimum Gasteiger partial charge on any atom is -0.382 e. The van der Waals surface area contributed by atoms with E-state index in [-0.39, 0.29) is 5.56 Å². The Labute approximate surface area is 102 Å². The number of benzene rings is 1. The third-order valence-corrected chi connectivity index (χ3v) is 2.65. The van der Waals surface area contributed by atoms with Gasteiger partial charge in [0, 0.05) is 10.9 Å². The van der Waals surface area contributed by atoms with Crippen molar-refractivity contribution in [3.8, 4) is 0 Å². The summed E-state index contributed by atoms with van der Waals surface area (Å²) in [5, 5.41) is 9.58. The topological polar surface area (TPSA) is 20.2 Å². The molecule has 16 heavy (non-hydrogen) atoms. The molecule has 0 saturated carbocycles. The van der Waals surface area contributed by atoms with Crippen molar-refractivity contribution >= 4 is 15.9 Å². The number of aliphatic hydroxyl groups excluding tert-OH is 1. The Morgan fingerprint density at radius 2 is 1.94 bits per heavy atom. The highest BCUT2D eigenvalue weighted by atomic mass is 79.9. The first-order valence-electron chi connectivity index (χ1n) is 4.78. The fourth-order valence-corrected chi connectivity index (χ4v) is 1.65. The van der Waals surface area contributed by atoms with Crippen LogP contribution in [0.4, 0.5) is 8.78 Å². The van der Waals surface area contributed by atoms with Crippen LogP contribution in [-0.2, 0) is 0 Å². The maximum Gasteiger partial charge on any atom is 0.281 e. The molecule has 0 aliphatic carbocycles. The van der Waals surface area contributed by atoms with Crippen molar-refractivity contribution in [1.29, 1.82) is 0 Å². The number of rotatable bonds is 4. The molecule has 88 valence electrons. The third-order valence-electron chi connectivity index (χ3n) is 2.12. The van der Waals surface area contributed by atoms with Gasteiger partial charge in [0.15, 0.2) is 0 Å². The van der Waals surface area contributed by atoms with E-state index in [0.717, 1.165) is 4.47 Å². The molecule has 0 aromatic heterocycles. The summed E-state index contributed by atoms with van der Waals surface area (Å²) in [7, 11) is 0. The predicted molar refractivity (Wildman–Crippen MR) is 63.5 cm³/mol. The first-order chi connectivity index (χ1) is 7.33. The van der Waals surface area contributed by atoms with Gasteiger partial charge >= 0.3 is 0 Å². The lowest BCUT2D eigenvalue weighted by Crippen LogP contribution is -2.26. The second kappa shape index (κ2) is 5.06. The monoisotopic (exact) mass is 290 g/mol. The zero-order valence-electron chi connectivity index (χ0n) is 8.88. The van der Waals surface area contributed by atoms with Crippen molar-refractivity contribution in [2.45, 2.75) is 25.4 Å². The van der Waals surface area contributed by atoms with Gasteiger partial charge < -0.3 is 5.11 Å². The normalized spacial score (nSPS) is 13.6. The molecule has 0 radical (unpaired) electrons. The molecular weight excluding hydrogens is 278 g/mol. The minimum absolute atomic E-state index is 0.203. The molecule has 1 rings (SSSR count). The molecule has 0 spiro atoms. The van der Waals surface area contributed by atoms with Gasteiger partial charge in [-0.3, -0.25) is 0 Å². The zero-order chi connectivity index (χ0) is 12.3. The second-order valence-electron chi connectivity index (χ2n) is 3.85. The van der Waals surface area contributed by atoms with Gasteiger partial charge in [0.25, 0.3) is 5.92 Å². The van der Waals surface area contributed by atoms with Crippen LogP contribution in [0.15, 0.2) is 40.9 Å². The Hall–Kier alpha value is -0.740. The Kier molecular flexibility index (Phi) is 4.21. The van der Waals surface area contributed by atoms with Crippen LogP contribution < -0.4 is 0 Å². The van der Waals surface area contributed by atoms with Crippen LogP contribution in [0.25, 0.3) is 0 Å². The van der Waals surface area contributed by atoms with Gasteiger partial charge in [0.05, 0.1) is 0 Å². The summed E-state index contributed by atoms with van der Waals surface area (Å²) in [5.41, 5.74) is 0.551. The number of allylic oxidation sites excluding steroid dienone is 1. The lowest BCUT2D eigenvalue weighted by molar-refractivity contribution is -0.109. The van der Waals surface area contributed by atoms with Crippen LogP contribution in [-0.4, -0.2) is 11.0 Å². The van der Waals surface area contributed by atoms with E-state index < -0.39 is 18.4 Å². The van der Waals surface area contributed by atoms with Gasteiger partial charge in [0.2, 0.25) is 0 Å². The first kappa shape index (κ1) is 13.3. The molecule has 1 atom stereocenters.